The van der Waals surface area contributed by atoms with E-state index in [9.17, 15) is 0 Å². The number of methoxy groups -OCH3 is 2. The molecule has 1 aliphatic rings. The molecule has 7 heteroatoms. The van der Waals surface area contributed by atoms with Gasteiger partial charge >= 0.3 is 0 Å². The van der Waals surface area contributed by atoms with Crippen LogP contribution in [0.4, 0.5) is 0 Å². The Kier molecular flexibility index (Phi) is 10.1. The van der Waals surface area contributed by atoms with Gasteiger partial charge in [0.2, 0.25) is 0 Å². The third kappa shape index (κ3) is 6.78. The Hall–Kier alpha value is -1.99. The molecule has 1 atom stereocenters. The van der Waals surface area contributed by atoms with E-state index in [0.29, 0.717) is 18.5 Å². The Morgan fingerprint density at radius 3 is 2.38 bits per heavy atom. The van der Waals surface area contributed by atoms with Crippen molar-refractivity contribution in [3.63, 3.8) is 0 Å². The third-order valence-electron chi connectivity index (χ3n) is 5.72. The number of hydrogen-bond donors (Lipinski definition) is 2. The van der Waals surface area contributed by atoms with Crippen LogP contribution in [0.25, 0.3) is 0 Å². The van der Waals surface area contributed by atoms with Gasteiger partial charge in [0, 0.05) is 39.3 Å². The number of nitrogens with one attached hydrogen (secondary N) is 2. The quantitative estimate of drug-likeness (QED) is 0.460. The fourth-order valence-electron chi connectivity index (χ4n) is 3.93. The molecule has 1 fully saturated rings. The number of morpholine rings is 1. The monoisotopic (exact) mass is 406 g/mol. The van der Waals surface area contributed by atoms with Crippen LogP contribution in [-0.4, -0.2) is 71.0 Å². The second-order valence-electron chi connectivity index (χ2n) is 7.29. The number of aliphatic imine (C=N–C) groups is 1. The van der Waals surface area contributed by atoms with Crippen LogP contribution in [0.2, 0.25) is 0 Å². The first-order valence-corrected chi connectivity index (χ1v) is 10.6. The zero-order valence-corrected chi connectivity index (χ0v) is 18.7. The van der Waals surface area contributed by atoms with Gasteiger partial charge < -0.3 is 24.8 Å². The van der Waals surface area contributed by atoms with Crippen molar-refractivity contribution >= 4 is 5.96 Å². The SMILES string of the molecule is CCC(CC)C(CNC(=NC)NCc1ccc(OC)c(OC)c1)N1CCOCC1. The highest BCUT2D eigenvalue weighted by Gasteiger charge is 2.27. The van der Waals surface area contributed by atoms with E-state index in [2.05, 4.69) is 34.4 Å². The minimum Gasteiger partial charge on any atom is -0.493 e. The summed E-state index contributed by atoms with van der Waals surface area (Å²) < 4.78 is 16.3. The topological polar surface area (TPSA) is 67.4 Å². The standard InChI is InChI=1S/C22H38N4O3/c1-6-18(7-2)19(26-10-12-29-13-11-26)16-25-22(23-3)24-15-17-8-9-20(27-4)21(14-17)28-5/h8-9,14,18-19H,6-7,10-13,15-16H2,1-5H3,(H2,23,24,25). The zero-order valence-electron chi connectivity index (χ0n) is 18.7. The summed E-state index contributed by atoms with van der Waals surface area (Å²) in [5, 5.41) is 6.94. The zero-order chi connectivity index (χ0) is 21.1. The Balaban J connectivity index is 1.95. The summed E-state index contributed by atoms with van der Waals surface area (Å²) in [7, 11) is 5.11. The summed E-state index contributed by atoms with van der Waals surface area (Å²) in [6, 6.07) is 6.42. The van der Waals surface area contributed by atoms with Crippen LogP contribution in [0.15, 0.2) is 23.2 Å². The third-order valence-corrected chi connectivity index (χ3v) is 5.72. The van der Waals surface area contributed by atoms with Crippen LogP contribution >= 0.6 is 0 Å². The average molecular weight is 407 g/mol. The lowest BCUT2D eigenvalue weighted by Gasteiger charge is -2.39. The Morgan fingerprint density at radius 1 is 1.10 bits per heavy atom. The van der Waals surface area contributed by atoms with E-state index in [1.165, 1.54) is 12.8 Å². The summed E-state index contributed by atoms with van der Waals surface area (Å²) in [6.07, 6.45) is 2.36. The average Bonchev–Trinajstić information content (AvgIpc) is 2.78. The van der Waals surface area contributed by atoms with Crippen LogP contribution in [-0.2, 0) is 11.3 Å². The van der Waals surface area contributed by atoms with Crippen molar-refractivity contribution in [2.24, 2.45) is 10.9 Å². The molecular formula is C22H38N4O3. The smallest absolute Gasteiger partial charge is 0.191 e. The second kappa shape index (κ2) is 12.5. The lowest BCUT2D eigenvalue weighted by molar-refractivity contribution is 0.00272. The molecule has 2 N–H and O–H groups in total. The van der Waals surface area contributed by atoms with Gasteiger partial charge in [-0.2, -0.15) is 0 Å². The van der Waals surface area contributed by atoms with Gasteiger partial charge in [-0.05, 0) is 23.6 Å². The number of rotatable bonds is 10. The van der Waals surface area contributed by atoms with Crippen molar-refractivity contribution in [2.45, 2.75) is 39.3 Å². The maximum Gasteiger partial charge on any atom is 0.191 e. The number of nitrogens with zero attached hydrogens (tertiary/aromatic N) is 2. The van der Waals surface area contributed by atoms with Gasteiger partial charge in [0.25, 0.3) is 0 Å². The van der Waals surface area contributed by atoms with Gasteiger partial charge in [-0.15, -0.1) is 0 Å². The summed E-state index contributed by atoms with van der Waals surface area (Å²) in [6.45, 7) is 9.75. The number of guanidine groups is 1. The van der Waals surface area contributed by atoms with Crippen LogP contribution < -0.4 is 20.1 Å². The second-order valence-corrected chi connectivity index (χ2v) is 7.29. The van der Waals surface area contributed by atoms with Crippen molar-refractivity contribution in [1.29, 1.82) is 0 Å². The van der Waals surface area contributed by atoms with Gasteiger partial charge in [-0.25, -0.2) is 0 Å². The van der Waals surface area contributed by atoms with Crippen LogP contribution in [0.3, 0.4) is 0 Å². The van der Waals surface area contributed by atoms with Gasteiger partial charge in [-0.3, -0.25) is 9.89 Å². The molecule has 0 amide bonds. The summed E-state index contributed by atoms with van der Waals surface area (Å²) in [5.74, 6) is 2.93. The highest BCUT2D eigenvalue weighted by Crippen LogP contribution is 2.27. The number of benzene rings is 1. The largest absolute Gasteiger partial charge is 0.493 e. The molecular weight excluding hydrogens is 368 g/mol. The molecule has 0 aliphatic carbocycles. The normalized spacial score (nSPS) is 16.6. The fourth-order valence-corrected chi connectivity index (χ4v) is 3.93. The Labute approximate surface area is 175 Å². The van der Waals surface area contributed by atoms with E-state index in [4.69, 9.17) is 14.2 Å². The molecule has 2 rings (SSSR count). The number of hydrogen-bond acceptors (Lipinski definition) is 5. The van der Waals surface area contributed by atoms with E-state index in [0.717, 1.165) is 55.9 Å². The molecule has 1 saturated heterocycles. The maximum absolute atomic E-state index is 5.55. The van der Waals surface area contributed by atoms with Crippen LogP contribution in [0.1, 0.15) is 32.3 Å². The molecule has 1 aromatic rings. The lowest BCUT2D eigenvalue weighted by atomic mass is 9.92. The molecule has 0 radical (unpaired) electrons. The van der Waals surface area contributed by atoms with Crippen molar-refractivity contribution in [2.75, 3.05) is 54.1 Å². The molecule has 1 aromatic carbocycles. The molecule has 164 valence electrons. The minimum absolute atomic E-state index is 0.480. The van der Waals surface area contributed by atoms with Gasteiger partial charge in [0.1, 0.15) is 0 Å². The first-order chi connectivity index (χ1) is 14.2. The van der Waals surface area contributed by atoms with Crippen molar-refractivity contribution in [3.8, 4) is 11.5 Å². The summed E-state index contributed by atoms with van der Waals surface area (Å²) >= 11 is 0. The Morgan fingerprint density at radius 2 is 1.79 bits per heavy atom. The predicted molar refractivity (Wildman–Crippen MR) is 118 cm³/mol. The van der Waals surface area contributed by atoms with E-state index in [1.54, 1.807) is 14.2 Å². The highest BCUT2D eigenvalue weighted by atomic mass is 16.5. The molecule has 1 heterocycles. The minimum atomic E-state index is 0.480. The molecule has 1 unspecified atom stereocenters. The van der Waals surface area contributed by atoms with E-state index >= 15 is 0 Å². The fraction of sp³-hybridized carbons (Fsp3) is 0.682. The molecule has 0 aromatic heterocycles. The maximum atomic E-state index is 5.55. The number of ether oxygens (including phenoxy) is 3. The first kappa shape index (κ1) is 23.3. The lowest BCUT2D eigenvalue weighted by Crippen LogP contribution is -2.53. The summed E-state index contributed by atoms with van der Waals surface area (Å²) in [5.41, 5.74) is 1.11. The van der Waals surface area contributed by atoms with Crippen LogP contribution in [0, 0.1) is 5.92 Å². The van der Waals surface area contributed by atoms with E-state index in [1.807, 2.05) is 25.2 Å². The molecule has 0 bridgehead atoms. The van der Waals surface area contributed by atoms with Crippen molar-refractivity contribution in [1.82, 2.24) is 15.5 Å². The molecule has 7 nitrogen and oxygen atoms in total. The molecule has 29 heavy (non-hydrogen) atoms. The molecule has 0 spiro atoms. The van der Waals surface area contributed by atoms with E-state index in [-0.39, 0.29) is 0 Å². The predicted octanol–water partition coefficient (Wildman–Crippen LogP) is 2.51. The molecule has 1 aliphatic heterocycles. The van der Waals surface area contributed by atoms with Gasteiger partial charge in [0.15, 0.2) is 17.5 Å². The highest BCUT2D eigenvalue weighted by molar-refractivity contribution is 5.79. The first-order valence-electron chi connectivity index (χ1n) is 10.6. The van der Waals surface area contributed by atoms with Crippen LogP contribution in [0.5, 0.6) is 11.5 Å². The Bertz CT molecular complexity index is 628. The van der Waals surface area contributed by atoms with Crippen molar-refractivity contribution < 1.29 is 14.2 Å². The van der Waals surface area contributed by atoms with Gasteiger partial charge in [-0.1, -0.05) is 32.8 Å². The molecule has 0 saturated carbocycles. The van der Waals surface area contributed by atoms with Crippen molar-refractivity contribution in [3.05, 3.63) is 23.8 Å². The van der Waals surface area contributed by atoms with E-state index < -0.39 is 0 Å². The summed E-state index contributed by atoms with van der Waals surface area (Å²) in [4.78, 5) is 6.97. The van der Waals surface area contributed by atoms with Gasteiger partial charge in [0.05, 0.1) is 27.4 Å².